The summed E-state index contributed by atoms with van der Waals surface area (Å²) >= 11 is 6.45. The number of nitrogens with one attached hydrogen (secondary N) is 1. The van der Waals surface area contributed by atoms with E-state index in [4.69, 9.17) is 12.2 Å². The molecule has 2 aromatic rings. The van der Waals surface area contributed by atoms with Crippen LogP contribution in [0.15, 0.2) is 47.9 Å². The first-order valence-corrected chi connectivity index (χ1v) is 9.99. The highest BCUT2D eigenvalue weighted by Gasteiger charge is 2.32. The Balaban J connectivity index is 1.44. The molecule has 1 N–H and O–H groups in total. The quantitative estimate of drug-likeness (QED) is 0.406. The lowest BCUT2D eigenvalue weighted by atomic mass is 10.2. The van der Waals surface area contributed by atoms with E-state index in [0.29, 0.717) is 15.8 Å². The maximum absolute atomic E-state index is 13.0. The Bertz CT molecular complexity index is 882. The Labute approximate surface area is 171 Å². The van der Waals surface area contributed by atoms with Crippen molar-refractivity contribution < 1.29 is 14.0 Å². The van der Waals surface area contributed by atoms with Crippen molar-refractivity contribution in [3.05, 3.63) is 59.3 Å². The summed E-state index contributed by atoms with van der Waals surface area (Å²) < 4.78 is 15.4. The molecule has 28 heavy (non-hydrogen) atoms. The maximum Gasteiger partial charge on any atom is 0.266 e. The molecule has 0 spiro atoms. The van der Waals surface area contributed by atoms with Crippen LogP contribution in [0.4, 0.5) is 4.39 Å². The van der Waals surface area contributed by atoms with Crippen molar-refractivity contribution in [1.82, 2.24) is 19.8 Å². The SMILES string of the molecule is O=C(CCN1C(=O)/C(=C/c2ccc(F)cc2)SC1=S)NCCCn1ccnc1. The van der Waals surface area contributed by atoms with Crippen LogP contribution < -0.4 is 5.32 Å². The van der Waals surface area contributed by atoms with Crippen LogP contribution in [-0.4, -0.2) is 43.7 Å². The molecule has 2 amide bonds. The molecule has 9 heteroatoms. The number of hydrogen-bond donors (Lipinski definition) is 1. The summed E-state index contributed by atoms with van der Waals surface area (Å²) in [6.45, 7) is 1.57. The molecular formula is C19H19FN4O2S2. The van der Waals surface area contributed by atoms with Gasteiger partial charge in [-0.25, -0.2) is 9.37 Å². The minimum absolute atomic E-state index is 0.123. The monoisotopic (exact) mass is 418 g/mol. The molecule has 1 saturated heterocycles. The zero-order valence-corrected chi connectivity index (χ0v) is 16.6. The zero-order valence-electron chi connectivity index (χ0n) is 15.0. The van der Waals surface area contributed by atoms with Crippen molar-refractivity contribution in [2.45, 2.75) is 19.4 Å². The summed E-state index contributed by atoms with van der Waals surface area (Å²) in [5.41, 5.74) is 0.720. The number of halogens is 1. The van der Waals surface area contributed by atoms with Gasteiger partial charge < -0.3 is 9.88 Å². The molecule has 1 aliphatic rings. The van der Waals surface area contributed by atoms with Gasteiger partial charge in [-0.3, -0.25) is 14.5 Å². The third-order valence-electron chi connectivity index (χ3n) is 4.08. The summed E-state index contributed by atoms with van der Waals surface area (Å²) in [7, 11) is 0. The first kappa shape index (κ1) is 20.2. The van der Waals surface area contributed by atoms with Gasteiger partial charge >= 0.3 is 0 Å². The van der Waals surface area contributed by atoms with Crippen LogP contribution in [0.25, 0.3) is 6.08 Å². The van der Waals surface area contributed by atoms with Crippen LogP contribution >= 0.6 is 24.0 Å². The van der Waals surface area contributed by atoms with Crippen LogP contribution in [0.1, 0.15) is 18.4 Å². The van der Waals surface area contributed by atoms with Crippen LogP contribution in [-0.2, 0) is 16.1 Å². The molecule has 0 bridgehead atoms. The molecule has 146 valence electrons. The van der Waals surface area contributed by atoms with Crippen molar-refractivity contribution in [3.63, 3.8) is 0 Å². The van der Waals surface area contributed by atoms with E-state index in [9.17, 15) is 14.0 Å². The Kier molecular flexibility index (Phi) is 6.94. The first-order chi connectivity index (χ1) is 13.5. The van der Waals surface area contributed by atoms with E-state index >= 15 is 0 Å². The number of nitrogens with zero attached hydrogens (tertiary/aromatic N) is 3. The maximum atomic E-state index is 13.0. The average Bonchev–Trinajstić information content (AvgIpc) is 3.28. The second kappa shape index (κ2) is 9.61. The Morgan fingerprint density at radius 1 is 1.29 bits per heavy atom. The normalized spacial score (nSPS) is 15.5. The van der Waals surface area contributed by atoms with Gasteiger partial charge in [0.05, 0.1) is 11.2 Å². The van der Waals surface area contributed by atoms with E-state index in [-0.39, 0.29) is 30.6 Å². The lowest BCUT2D eigenvalue weighted by Gasteiger charge is -2.14. The zero-order chi connectivity index (χ0) is 19.9. The summed E-state index contributed by atoms with van der Waals surface area (Å²) in [5.74, 6) is -0.685. The molecule has 1 fully saturated rings. The molecule has 2 heterocycles. The van der Waals surface area contributed by atoms with Crippen LogP contribution in [0.3, 0.4) is 0 Å². The van der Waals surface area contributed by atoms with Gasteiger partial charge in [0.2, 0.25) is 5.91 Å². The fourth-order valence-electron chi connectivity index (χ4n) is 2.61. The molecule has 6 nitrogen and oxygen atoms in total. The number of aromatic nitrogens is 2. The molecule has 1 aromatic carbocycles. The van der Waals surface area contributed by atoms with Gasteiger partial charge in [-0.2, -0.15) is 0 Å². The van der Waals surface area contributed by atoms with Crippen molar-refractivity contribution >= 4 is 46.2 Å². The van der Waals surface area contributed by atoms with Crippen molar-refractivity contribution in [2.24, 2.45) is 0 Å². The van der Waals surface area contributed by atoms with Crippen molar-refractivity contribution in [1.29, 1.82) is 0 Å². The number of aryl methyl sites for hydroxylation is 1. The van der Waals surface area contributed by atoms with E-state index in [0.717, 1.165) is 18.5 Å². The van der Waals surface area contributed by atoms with Gasteiger partial charge in [-0.1, -0.05) is 36.1 Å². The number of hydrogen-bond acceptors (Lipinski definition) is 5. The standard InChI is InChI=1S/C19H19FN4O2S2/c20-15-4-2-14(3-5-15)12-16-18(26)24(19(27)28-16)10-6-17(25)22-7-1-9-23-11-8-21-13-23/h2-5,8,11-13H,1,6-7,9-10H2,(H,22,25)/b16-12-. The molecule has 1 aliphatic heterocycles. The smallest absolute Gasteiger partial charge is 0.266 e. The molecule has 3 rings (SSSR count). The summed E-state index contributed by atoms with van der Waals surface area (Å²) in [6.07, 6.45) is 7.97. The molecule has 0 unspecified atom stereocenters. The van der Waals surface area contributed by atoms with Gasteiger partial charge in [0.25, 0.3) is 5.91 Å². The molecule has 0 radical (unpaired) electrons. The topological polar surface area (TPSA) is 67.2 Å². The van der Waals surface area contributed by atoms with Gasteiger partial charge in [0.15, 0.2) is 0 Å². The van der Waals surface area contributed by atoms with Gasteiger partial charge in [-0.15, -0.1) is 0 Å². The second-order valence-corrected chi connectivity index (χ2v) is 7.81. The molecule has 1 aromatic heterocycles. The highest BCUT2D eigenvalue weighted by atomic mass is 32.2. The third kappa shape index (κ3) is 5.49. The van der Waals surface area contributed by atoms with Crippen molar-refractivity contribution in [3.8, 4) is 0 Å². The average molecular weight is 419 g/mol. The van der Waals surface area contributed by atoms with E-state index in [1.165, 1.54) is 28.8 Å². The molecule has 0 atom stereocenters. The summed E-state index contributed by atoms with van der Waals surface area (Å²) in [5, 5.41) is 2.84. The number of carbonyl (C=O) groups excluding carboxylic acids is 2. The highest BCUT2D eigenvalue weighted by molar-refractivity contribution is 8.26. The summed E-state index contributed by atoms with van der Waals surface area (Å²) in [6, 6.07) is 5.87. The van der Waals surface area contributed by atoms with Gasteiger partial charge in [0, 0.05) is 38.4 Å². The van der Waals surface area contributed by atoms with E-state index < -0.39 is 0 Å². The Hall–Kier alpha value is -2.52. The Morgan fingerprint density at radius 2 is 2.07 bits per heavy atom. The number of imidazole rings is 1. The van der Waals surface area contributed by atoms with E-state index in [1.807, 2.05) is 10.8 Å². The number of thioether (sulfide) groups is 1. The minimum Gasteiger partial charge on any atom is -0.356 e. The molecular weight excluding hydrogens is 399 g/mol. The second-order valence-electron chi connectivity index (χ2n) is 6.14. The van der Waals surface area contributed by atoms with E-state index in [1.54, 1.807) is 30.7 Å². The lowest BCUT2D eigenvalue weighted by Crippen LogP contribution is -2.34. The molecule has 0 aliphatic carbocycles. The fourth-order valence-corrected chi connectivity index (χ4v) is 3.92. The third-order valence-corrected chi connectivity index (χ3v) is 5.46. The number of benzene rings is 1. The first-order valence-electron chi connectivity index (χ1n) is 8.76. The fraction of sp³-hybridized carbons (Fsp3) is 0.263. The summed E-state index contributed by atoms with van der Waals surface area (Å²) in [4.78, 5) is 30.4. The van der Waals surface area contributed by atoms with Crippen LogP contribution in [0, 0.1) is 5.82 Å². The molecule has 0 saturated carbocycles. The van der Waals surface area contributed by atoms with Crippen LogP contribution in [0.5, 0.6) is 0 Å². The van der Waals surface area contributed by atoms with Gasteiger partial charge in [-0.05, 0) is 30.2 Å². The van der Waals surface area contributed by atoms with Crippen LogP contribution in [0.2, 0.25) is 0 Å². The number of carbonyl (C=O) groups is 2. The predicted octanol–water partition coefficient (Wildman–Crippen LogP) is 2.82. The minimum atomic E-state index is -0.333. The number of rotatable bonds is 8. The van der Waals surface area contributed by atoms with Crippen molar-refractivity contribution in [2.75, 3.05) is 13.1 Å². The number of amides is 2. The van der Waals surface area contributed by atoms with Gasteiger partial charge in [0.1, 0.15) is 10.1 Å². The Morgan fingerprint density at radius 3 is 2.79 bits per heavy atom. The number of thiocarbonyl (C=S) groups is 1. The lowest BCUT2D eigenvalue weighted by molar-refractivity contribution is -0.123. The highest BCUT2D eigenvalue weighted by Crippen LogP contribution is 2.32. The predicted molar refractivity (Wildman–Crippen MR) is 111 cm³/mol. The van der Waals surface area contributed by atoms with E-state index in [2.05, 4.69) is 10.3 Å². The largest absolute Gasteiger partial charge is 0.356 e.